The Balaban J connectivity index is 2.05. The minimum atomic E-state index is -0.252. The Morgan fingerprint density at radius 3 is 2.81 bits per heavy atom. The van der Waals surface area contributed by atoms with E-state index in [1.807, 2.05) is 6.92 Å². The van der Waals surface area contributed by atoms with Crippen LogP contribution in [0.5, 0.6) is 0 Å². The number of nitrogens with one attached hydrogen (secondary N) is 2. The van der Waals surface area contributed by atoms with Crippen molar-refractivity contribution in [2.24, 2.45) is 0 Å². The van der Waals surface area contributed by atoms with E-state index in [1.165, 1.54) is 10.9 Å². The maximum absolute atomic E-state index is 12.1. The minimum absolute atomic E-state index is 0.105. The molecule has 1 aromatic carbocycles. The van der Waals surface area contributed by atoms with Crippen LogP contribution in [0.4, 0.5) is 11.4 Å². The number of hydrogen-bond acceptors (Lipinski definition) is 4. The van der Waals surface area contributed by atoms with Gasteiger partial charge in [-0.2, -0.15) is 5.10 Å². The number of aromatic nitrogens is 2. The highest BCUT2D eigenvalue weighted by Gasteiger charge is 2.09. The molecule has 0 aliphatic heterocycles. The van der Waals surface area contributed by atoms with Crippen LogP contribution >= 0.6 is 0 Å². The quantitative estimate of drug-likeness (QED) is 0.723. The minimum Gasteiger partial charge on any atom is -0.399 e. The normalized spacial score (nSPS) is 10.2. The number of hydrogen-bond donors (Lipinski definition) is 3. The highest BCUT2D eigenvalue weighted by Crippen LogP contribution is 2.14. The van der Waals surface area contributed by atoms with E-state index >= 15 is 0 Å². The van der Waals surface area contributed by atoms with Crippen LogP contribution in [0.25, 0.3) is 0 Å². The Morgan fingerprint density at radius 1 is 1.38 bits per heavy atom. The molecule has 7 heteroatoms. The van der Waals surface area contributed by atoms with Gasteiger partial charge in [-0.1, -0.05) is 0 Å². The topological polar surface area (TPSA) is 102 Å². The molecule has 0 atom stereocenters. The number of benzene rings is 1. The number of carbonyl (C=O) groups is 2. The lowest BCUT2D eigenvalue weighted by Gasteiger charge is -2.05. The van der Waals surface area contributed by atoms with Crippen molar-refractivity contribution in [1.29, 1.82) is 0 Å². The zero-order valence-corrected chi connectivity index (χ0v) is 11.9. The summed E-state index contributed by atoms with van der Waals surface area (Å²) in [5.74, 6) is -0.414. The summed E-state index contributed by atoms with van der Waals surface area (Å²) in [5, 5.41) is 9.23. The molecule has 21 heavy (non-hydrogen) atoms. The molecule has 7 nitrogen and oxygen atoms in total. The zero-order chi connectivity index (χ0) is 15.4. The Kier molecular flexibility index (Phi) is 4.22. The van der Waals surface area contributed by atoms with Gasteiger partial charge in [0.25, 0.3) is 5.91 Å². The van der Waals surface area contributed by atoms with Crippen molar-refractivity contribution >= 4 is 23.2 Å². The predicted octanol–water partition coefficient (Wildman–Crippen LogP) is 0.772. The van der Waals surface area contributed by atoms with Gasteiger partial charge in [-0.3, -0.25) is 14.3 Å². The molecule has 1 heterocycles. The smallest absolute Gasteiger partial charge is 0.255 e. The summed E-state index contributed by atoms with van der Waals surface area (Å²) in [5.41, 5.74) is 8.25. The van der Waals surface area contributed by atoms with E-state index in [0.29, 0.717) is 16.9 Å². The Labute approximate surface area is 122 Å². The number of likely N-dealkylation sites (N-methyl/N-ethyl adjacent to an activating group) is 1. The maximum Gasteiger partial charge on any atom is 0.255 e. The molecule has 2 amide bonds. The predicted molar refractivity (Wildman–Crippen MR) is 79.8 cm³/mol. The zero-order valence-electron chi connectivity index (χ0n) is 11.9. The lowest BCUT2D eigenvalue weighted by atomic mass is 10.1. The third kappa shape index (κ3) is 3.59. The third-order valence-corrected chi connectivity index (χ3v) is 3.01. The van der Waals surface area contributed by atoms with Crippen LogP contribution in [0.3, 0.4) is 0 Å². The lowest BCUT2D eigenvalue weighted by Crippen LogP contribution is -2.23. The second kappa shape index (κ2) is 6.08. The number of amides is 2. The second-order valence-corrected chi connectivity index (χ2v) is 4.63. The molecule has 0 bridgehead atoms. The van der Waals surface area contributed by atoms with Gasteiger partial charge in [0.2, 0.25) is 5.91 Å². The Bertz CT molecular complexity index is 678. The van der Waals surface area contributed by atoms with Crippen molar-refractivity contribution in [3.8, 4) is 0 Å². The maximum atomic E-state index is 12.1. The molecule has 0 saturated heterocycles. The van der Waals surface area contributed by atoms with E-state index in [4.69, 9.17) is 5.73 Å². The van der Waals surface area contributed by atoms with Crippen LogP contribution in [0.15, 0.2) is 30.6 Å². The lowest BCUT2D eigenvalue weighted by molar-refractivity contribution is -0.121. The number of nitrogen functional groups attached to an aromatic ring is 1. The fourth-order valence-electron chi connectivity index (χ4n) is 1.76. The number of anilines is 2. The number of aryl methyl sites for hydroxylation is 1. The van der Waals surface area contributed by atoms with E-state index in [-0.39, 0.29) is 18.4 Å². The van der Waals surface area contributed by atoms with Gasteiger partial charge in [-0.05, 0) is 30.7 Å². The highest BCUT2D eigenvalue weighted by molar-refractivity contribution is 6.04. The van der Waals surface area contributed by atoms with Gasteiger partial charge in [0.05, 0.1) is 11.9 Å². The van der Waals surface area contributed by atoms with E-state index in [0.717, 1.165) is 5.56 Å². The van der Waals surface area contributed by atoms with Crippen LogP contribution in [-0.2, 0) is 11.3 Å². The van der Waals surface area contributed by atoms with Crippen molar-refractivity contribution < 1.29 is 9.59 Å². The summed E-state index contributed by atoms with van der Waals surface area (Å²) in [4.78, 5) is 23.3. The highest BCUT2D eigenvalue weighted by atomic mass is 16.2. The van der Waals surface area contributed by atoms with Gasteiger partial charge in [0.1, 0.15) is 6.54 Å². The molecule has 0 spiro atoms. The summed E-state index contributed by atoms with van der Waals surface area (Å²) < 4.78 is 1.45. The average molecular weight is 287 g/mol. The van der Waals surface area contributed by atoms with Crippen LogP contribution < -0.4 is 16.4 Å². The summed E-state index contributed by atoms with van der Waals surface area (Å²) in [6.45, 7) is 1.95. The second-order valence-electron chi connectivity index (χ2n) is 4.63. The van der Waals surface area contributed by atoms with Crippen LogP contribution in [0.1, 0.15) is 15.9 Å². The molecule has 1 aromatic heterocycles. The molecule has 0 fully saturated rings. The number of nitrogens with zero attached hydrogens (tertiary/aromatic N) is 2. The molecule has 4 N–H and O–H groups in total. The fraction of sp³-hybridized carbons (Fsp3) is 0.214. The van der Waals surface area contributed by atoms with Crippen LogP contribution in [0, 0.1) is 6.92 Å². The van der Waals surface area contributed by atoms with E-state index < -0.39 is 0 Å². The van der Waals surface area contributed by atoms with Crippen molar-refractivity contribution in [3.05, 3.63) is 41.7 Å². The van der Waals surface area contributed by atoms with Gasteiger partial charge < -0.3 is 16.4 Å². The van der Waals surface area contributed by atoms with Gasteiger partial charge in [0.15, 0.2) is 0 Å². The Morgan fingerprint density at radius 2 is 2.14 bits per heavy atom. The molecule has 2 rings (SSSR count). The van der Waals surface area contributed by atoms with Gasteiger partial charge >= 0.3 is 0 Å². The van der Waals surface area contributed by atoms with E-state index in [9.17, 15) is 9.59 Å². The van der Waals surface area contributed by atoms with Gasteiger partial charge in [-0.25, -0.2) is 0 Å². The standard InChI is InChI=1S/C14H17N5O2/c1-9-5-10(3-4-12(9)15)14(21)18-11-6-17-19(7-11)8-13(20)16-2/h3-7H,8,15H2,1-2H3,(H,16,20)(H,18,21). The summed E-state index contributed by atoms with van der Waals surface area (Å²) in [6.07, 6.45) is 3.09. The number of carbonyl (C=O) groups excluding carboxylic acids is 2. The van der Waals surface area contributed by atoms with Crippen molar-refractivity contribution in [2.75, 3.05) is 18.1 Å². The molecule has 0 saturated carbocycles. The van der Waals surface area contributed by atoms with Crippen molar-refractivity contribution in [2.45, 2.75) is 13.5 Å². The molecular formula is C14H17N5O2. The number of rotatable bonds is 4. The van der Waals surface area contributed by atoms with Crippen LogP contribution in [0.2, 0.25) is 0 Å². The summed E-state index contributed by atoms with van der Waals surface area (Å²) in [7, 11) is 1.55. The average Bonchev–Trinajstić information content (AvgIpc) is 2.88. The van der Waals surface area contributed by atoms with Crippen LogP contribution in [-0.4, -0.2) is 28.6 Å². The van der Waals surface area contributed by atoms with Crippen molar-refractivity contribution in [1.82, 2.24) is 15.1 Å². The first-order valence-electron chi connectivity index (χ1n) is 6.40. The van der Waals surface area contributed by atoms with Gasteiger partial charge in [-0.15, -0.1) is 0 Å². The molecule has 2 aromatic rings. The molecular weight excluding hydrogens is 270 g/mol. The first-order chi connectivity index (χ1) is 9.99. The first-order valence-corrected chi connectivity index (χ1v) is 6.40. The van der Waals surface area contributed by atoms with Crippen molar-refractivity contribution in [3.63, 3.8) is 0 Å². The molecule has 0 aliphatic rings. The number of nitrogens with two attached hydrogens (primary N) is 1. The summed E-state index contributed by atoms with van der Waals surface area (Å²) >= 11 is 0. The monoisotopic (exact) mass is 287 g/mol. The molecule has 110 valence electrons. The van der Waals surface area contributed by atoms with Gasteiger partial charge in [0, 0.05) is 24.5 Å². The summed E-state index contributed by atoms with van der Waals surface area (Å²) in [6, 6.07) is 5.07. The molecule has 0 aliphatic carbocycles. The largest absolute Gasteiger partial charge is 0.399 e. The third-order valence-electron chi connectivity index (χ3n) is 3.01. The Hall–Kier alpha value is -2.83. The van der Waals surface area contributed by atoms with E-state index in [1.54, 1.807) is 31.4 Å². The fourth-order valence-corrected chi connectivity index (χ4v) is 1.76. The van der Waals surface area contributed by atoms with E-state index in [2.05, 4.69) is 15.7 Å². The SMILES string of the molecule is CNC(=O)Cn1cc(NC(=O)c2ccc(N)c(C)c2)cn1. The molecule has 0 unspecified atom stereocenters. The first kappa shape index (κ1) is 14.6. The molecule has 0 radical (unpaired) electrons.